The second-order valence-electron chi connectivity index (χ2n) is 3.28. The van der Waals surface area contributed by atoms with E-state index in [0.29, 0.717) is 0 Å². The Kier molecular flexibility index (Phi) is 4.21. The number of carbonyl (C=O) groups excluding carboxylic acids is 1. The molecule has 0 unspecified atom stereocenters. The Bertz CT molecular complexity index is 442. The molecule has 1 aromatic carbocycles. The van der Waals surface area contributed by atoms with Gasteiger partial charge in [0.1, 0.15) is 0 Å². The number of benzene rings is 1. The van der Waals surface area contributed by atoms with Crippen molar-refractivity contribution in [1.29, 1.82) is 0 Å². The van der Waals surface area contributed by atoms with Crippen LogP contribution in [0, 0.1) is 0 Å². The maximum Gasteiger partial charge on any atom is 0.331 e. The molecule has 3 heteroatoms. The summed E-state index contributed by atoms with van der Waals surface area (Å²) in [7, 11) is 0. The Labute approximate surface area is 93.7 Å². The van der Waals surface area contributed by atoms with Crippen LogP contribution in [0.5, 0.6) is 0 Å². The fourth-order valence-electron chi connectivity index (χ4n) is 1.07. The maximum absolute atomic E-state index is 11.3. The molecule has 1 rings (SSSR count). The van der Waals surface area contributed by atoms with Crippen LogP contribution >= 0.6 is 0 Å². The summed E-state index contributed by atoms with van der Waals surface area (Å²) in [4.78, 5) is 21.8. The largest absolute Gasteiger partial charge is 0.478 e. The molecule has 3 nitrogen and oxygen atoms in total. The highest BCUT2D eigenvalue weighted by Gasteiger charge is 2.01. The van der Waals surface area contributed by atoms with Crippen LogP contribution in [0.4, 0.5) is 0 Å². The minimum Gasteiger partial charge on any atom is -0.478 e. The third-order valence-corrected chi connectivity index (χ3v) is 1.94. The predicted octanol–water partition coefficient (Wildman–Crippen LogP) is 2.30. The molecule has 0 aliphatic rings. The Morgan fingerprint density at radius 2 is 1.81 bits per heavy atom. The van der Waals surface area contributed by atoms with E-state index in [1.807, 2.05) is 30.3 Å². The molecule has 0 radical (unpaired) electrons. The zero-order valence-electron chi connectivity index (χ0n) is 8.88. The monoisotopic (exact) mass is 216 g/mol. The number of hydrogen-bond acceptors (Lipinski definition) is 2. The standard InChI is InChI=1S/C13H12O3/c1-10(13(15)16)9-12(14)8-7-11-5-3-2-4-6-11/h2-9H,1H3,(H,15,16). The van der Waals surface area contributed by atoms with Crippen LogP contribution in [-0.4, -0.2) is 16.9 Å². The van der Waals surface area contributed by atoms with Crippen molar-refractivity contribution in [3.63, 3.8) is 0 Å². The van der Waals surface area contributed by atoms with Gasteiger partial charge >= 0.3 is 5.97 Å². The minimum absolute atomic E-state index is 0.0303. The van der Waals surface area contributed by atoms with E-state index in [1.165, 1.54) is 13.0 Å². The van der Waals surface area contributed by atoms with Gasteiger partial charge in [-0.15, -0.1) is 0 Å². The van der Waals surface area contributed by atoms with Gasteiger partial charge in [0.25, 0.3) is 0 Å². The molecule has 0 aromatic heterocycles. The van der Waals surface area contributed by atoms with E-state index < -0.39 is 5.97 Å². The van der Waals surface area contributed by atoms with Crippen molar-refractivity contribution in [3.05, 3.63) is 53.6 Å². The highest BCUT2D eigenvalue weighted by Crippen LogP contribution is 2.02. The number of allylic oxidation sites excluding steroid dienone is 2. The van der Waals surface area contributed by atoms with Crippen molar-refractivity contribution >= 4 is 17.8 Å². The molecule has 0 spiro atoms. The van der Waals surface area contributed by atoms with Crippen molar-refractivity contribution in [2.75, 3.05) is 0 Å². The predicted molar refractivity (Wildman–Crippen MR) is 61.9 cm³/mol. The first-order valence-electron chi connectivity index (χ1n) is 4.78. The summed E-state index contributed by atoms with van der Waals surface area (Å²) in [6.07, 6.45) is 4.09. The number of carboxylic acid groups (broad SMARTS) is 1. The number of carbonyl (C=O) groups is 2. The van der Waals surface area contributed by atoms with Gasteiger partial charge in [0.15, 0.2) is 5.78 Å². The number of rotatable bonds is 4. The summed E-state index contributed by atoms with van der Waals surface area (Å²) in [6, 6.07) is 9.33. The van der Waals surface area contributed by atoms with Gasteiger partial charge in [-0.05, 0) is 24.6 Å². The van der Waals surface area contributed by atoms with E-state index in [9.17, 15) is 9.59 Å². The first-order valence-corrected chi connectivity index (χ1v) is 4.78. The normalized spacial score (nSPS) is 11.7. The Morgan fingerprint density at radius 3 is 2.38 bits per heavy atom. The van der Waals surface area contributed by atoms with Gasteiger partial charge in [-0.25, -0.2) is 4.79 Å². The molecule has 0 saturated heterocycles. The van der Waals surface area contributed by atoms with Gasteiger partial charge in [0.05, 0.1) is 0 Å². The second kappa shape index (κ2) is 5.66. The molecule has 1 aromatic rings. The molecular formula is C13H12O3. The summed E-state index contributed by atoms with van der Waals surface area (Å²) in [6.45, 7) is 1.39. The minimum atomic E-state index is -1.08. The summed E-state index contributed by atoms with van der Waals surface area (Å²) in [5, 5.41) is 8.57. The molecule has 0 heterocycles. The lowest BCUT2D eigenvalue weighted by Crippen LogP contribution is -1.99. The first-order chi connectivity index (χ1) is 7.59. The lowest BCUT2D eigenvalue weighted by Gasteiger charge is -1.91. The molecule has 0 aliphatic carbocycles. The van der Waals surface area contributed by atoms with Crippen molar-refractivity contribution in [3.8, 4) is 0 Å². The maximum atomic E-state index is 11.3. The van der Waals surface area contributed by atoms with Crippen LogP contribution in [0.15, 0.2) is 48.1 Å². The van der Waals surface area contributed by atoms with Crippen molar-refractivity contribution in [1.82, 2.24) is 0 Å². The summed E-state index contributed by atoms with van der Waals surface area (Å²) < 4.78 is 0. The lowest BCUT2D eigenvalue weighted by molar-refractivity contribution is -0.132. The summed E-state index contributed by atoms with van der Waals surface area (Å²) in [5.74, 6) is -1.41. The fourth-order valence-corrected chi connectivity index (χ4v) is 1.07. The Balaban J connectivity index is 2.69. The van der Waals surface area contributed by atoms with E-state index in [2.05, 4.69) is 0 Å². The van der Waals surface area contributed by atoms with E-state index >= 15 is 0 Å². The Hall–Kier alpha value is -2.16. The molecule has 1 N–H and O–H groups in total. The first kappa shape index (κ1) is 11.9. The molecule has 0 fully saturated rings. The molecule has 0 atom stereocenters. The quantitative estimate of drug-likeness (QED) is 0.785. The smallest absolute Gasteiger partial charge is 0.331 e. The van der Waals surface area contributed by atoms with Crippen molar-refractivity contribution in [2.24, 2.45) is 0 Å². The zero-order valence-corrected chi connectivity index (χ0v) is 8.88. The highest BCUT2D eigenvalue weighted by molar-refractivity contribution is 6.06. The van der Waals surface area contributed by atoms with Crippen molar-refractivity contribution < 1.29 is 14.7 Å². The molecular weight excluding hydrogens is 204 g/mol. The number of aliphatic carboxylic acids is 1. The average molecular weight is 216 g/mol. The summed E-state index contributed by atoms with van der Waals surface area (Å²) in [5.41, 5.74) is 0.930. The average Bonchev–Trinajstić information content (AvgIpc) is 2.27. The topological polar surface area (TPSA) is 54.4 Å². The fraction of sp³-hybridized carbons (Fsp3) is 0.0769. The van der Waals surface area contributed by atoms with Crippen LogP contribution in [0.1, 0.15) is 12.5 Å². The third-order valence-electron chi connectivity index (χ3n) is 1.94. The van der Waals surface area contributed by atoms with Gasteiger partial charge in [0.2, 0.25) is 0 Å². The molecule has 0 saturated carbocycles. The van der Waals surface area contributed by atoms with E-state index in [1.54, 1.807) is 6.08 Å². The van der Waals surface area contributed by atoms with Gasteiger partial charge < -0.3 is 5.11 Å². The van der Waals surface area contributed by atoms with Gasteiger partial charge in [-0.3, -0.25) is 4.79 Å². The molecule has 0 amide bonds. The number of carboxylic acids is 1. The van der Waals surface area contributed by atoms with Crippen LogP contribution < -0.4 is 0 Å². The number of hydrogen-bond donors (Lipinski definition) is 1. The summed E-state index contributed by atoms with van der Waals surface area (Å²) >= 11 is 0. The zero-order chi connectivity index (χ0) is 12.0. The van der Waals surface area contributed by atoms with Gasteiger partial charge in [0, 0.05) is 5.57 Å². The highest BCUT2D eigenvalue weighted by atomic mass is 16.4. The van der Waals surface area contributed by atoms with Crippen LogP contribution in [0.3, 0.4) is 0 Å². The van der Waals surface area contributed by atoms with Crippen molar-refractivity contribution in [2.45, 2.75) is 6.92 Å². The lowest BCUT2D eigenvalue weighted by atomic mass is 10.1. The number of ketones is 1. The van der Waals surface area contributed by atoms with E-state index in [4.69, 9.17) is 5.11 Å². The molecule has 82 valence electrons. The Morgan fingerprint density at radius 1 is 1.19 bits per heavy atom. The van der Waals surface area contributed by atoms with Crippen LogP contribution in [0.25, 0.3) is 6.08 Å². The van der Waals surface area contributed by atoms with Gasteiger partial charge in [-0.2, -0.15) is 0 Å². The molecule has 0 aliphatic heterocycles. The van der Waals surface area contributed by atoms with E-state index in [-0.39, 0.29) is 11.4 Å². The van der Waals surface area contributed by atoms with Crippen LogP contribution in [-0.2, 0) is 9.59 Å². The SMILES string of the molecule is CC(=CC(=O)C=Cc1ccccc1)C(=O)O. The van der Waals surface area contributed by atoms with Gasteiger partial charge in [-0.1, -0.05) is 36.4 Å². The molecule has 0 bridgehead atoms. The second-order valence-corrected chi connectivity index (χ2v) is 3.28. The van der Waals surface area contributed by atoms with Crippen LogP contribution in [0.2, 0.25) is 0 Å². The molecule has 16 heavy (non-hydrogen) atoms. The third kappa shape index (κ3) is 3.92. The van der Waals surface area contributed by atoms with E-state index in [0.717, 1.165) is 11.6 Å².